The molecule has 0 N–H and O–H groups in total. The van der Waals surface area contributed by atoms with Crippen LogP contribution in [0.5, 0.6) is 0 Å². The van der Waals surface area contributed by atoms with Gasteiger partial charge in [-0.25, -0.2) is 13.4 Å². The van der Waals surface area contributed by atoms with E-state index in [9.17, 15) is 8.42 Å². The minimum absolute atomic E-state index is 0.167. The van der Waals surface area contributed by atoms with Gasteiger partial charge < -0.3 is 4.57 Å². The van der Waals surface area contributed by atoms with Crippen LogP contribution in [0.1, 0.15) is 41.4 Å². The molecule has 1 atom stereocenters. The van der Waals surface area contributed by atoms with Gasteiger partial charge in [-0.1, -0.05) is 23.8 Å². The average Bonchev–Trinajstić information content (AvgIpc) is 3.30. The van der Waals surface area contributed by atoms with Gasteiger partial charge in [-0.05, 0) is 69.5 Å². The summed E-state index contributed by atoms with van der Waals surface area (Å²) in [5.41, 5.74) is 4.25. The lowest BCUT2D eigenvalue weighted by molar-refractivity contribution is 0.396. The minimum Gasteiger partial charge on any atom is -0.303 e. The molecule has 28 heavy (non-hydrogen) atoms. The van der Waals surface area contributed by atoms with Gasteiger partial charge in [0.1, 0.15) is 5.82 Å². The third-order valence-corrected chi connectivity index (χ3v) is 7.41. The van der Waals surface area contributed by atoms with Crippen LogP contribution >= 0.6 is 0 Å². The Kier molecular flexibility index (Phi) is 4.85. The molecule has 0 amide bonds. The van der Waals surface area contributed by atoms with E-state index in [1.807, 2.05) is 37.4 Å². The normalized spacial score (nSPS) is 17.9. The van der Waals surface area contributed by atoms with Gasteiger partial charge in [0.05, 0.1) is 10.9 Å². The molecule has 4 rings (SSSR count). The molecule has 1 aliphatic heterocycles. The van der Waals surface area contributed by atoms with E-state index in [0.29, 0.717) is 11.4 Å². The zero-order valence-electron chi connectivity index (χ0n) is 16.5. The summed E-state index contributed by atoms with van der Waals surface area (Å²) in [7, 11) is -3.52. The Bertz CT molecular complexity index is 1060. The summed E-state index contributed by atoms with van der Waals surface area (Å²) in [6.07, 6.45) is 3.49. The van der Waals surface area contributed by atoms with Gasteiger partial charge in [0.15, 0.2) is 0 Å². The molecular weight excluding hydrogens is 370 g/mol. The van der Waals surface area contributed by atoms with E-state index >= 15 is 0 Å². The number of aromatic nitrogens is 2. The van der Waals surface area contributed by atoms with Crippen LogP contribution in [0.3, 0.4) is 0 Å². The number of sulfonamides is 1. The Morgan fingerprint density at radius 1 is 0.929 bits per heavy atom. The second-order valence-corrected chi connectivity index (χ2v) is 9.38. The molecule has 146 valence electrons. The first-order chi connectivity index (χ1) is 13.4. The molecule has 2 aromatic heterocycles. The van der Waals surface area contributed by atoms with E-state index in [1.165, 1.54) is 0 Å². The fourth-order valence-corrected chi connectivity index (χ4v) is 5.65. The molecule has 0 spiro atoms. The lowest BCUT2D eigenvalue weighted by Gasteiger charge is -2.24. The van der Waals surface area contributed by atoms with Crippen molar-refractivity contribution in [2.45, 2.75) is 44.6 Å². The van der Waals surface area contributed by atoms with Crippen LogP contribution in [0.25, 0.3) is 5.82 Å². The van der Waals surface area contributed by atoms with Gasteiger partial charge in [-0.15, -0.1) is 0 Å². The van der Waals surface area contributed by atoms with Gasteiger partial charge >= 0.3 is 0 Å². The number of hydrogen-bond acceptors (Lipinski definition) is 3. The fraction of sp³-hybridized carbons (Fsp3) is 0.318. The molecule has 5 nitrogen and oxygen atoms in total. The molecule has 0 bridgehead atoms. The molecule has 0 aliphatic carbocycles. The average molecular weight is 396 g/mol. The highest BCUT2D eigenvalue weighted by molar-refractivity contribution is 7.89. The monoisotopic (exact) mass is 395 g/mol. The predicted octanol–water partition coefficient (Wildman–Crippen LogP) is 4.32. The van der Waals surface area contributed by atoms with Crippen LogP contribution in [0, 0.1) is 20.8 Å². The summed E-state index contributed by atoms with van der Waals surface area (Å²) in [4.78, 5) is 4.98. The predicted molar refractivity (Wildman–Crippen MR) is 110 cm³/mol. The Balaban J connectivity index is 1.64. The van der Waals surface area contributed by atoms with E-state index in [1.54, 1.807) is 16.4 Å². The zero-order valence-corrected chi connectivity index (χ0v) is 17.3. The van der Waals surface area contributed by atoms with E-state index < -0.39 is 10.0 Å². The number of benzene rings is 1. The smallest absolute Gasteiger partial charge is 0.243 e. The minimum atomic E-state index is -3.52. The van der Waals surface area contributed by atoms with Gasteiger partial charge in [0.2, 0.25) is 10.0 Å². The highest BCUT2D eigenvalue weighted by atomic mass is 32.2. The Morgan fingerprint density at radius 2 is 1.61 bits per heavy atom. The highest BCUT2D eigenvalue weighted by Crippen LogP contribution is 2.36. The topological polar surface area (TPSA) is 55.2 Å². The molecule has 3 aromatic rings. The van der Waals surface area contributed by atoms with Gasteiger partial charge in [-0.2, -0.15) is 4.31 Å². The van der Waals surface area contributed by atoms with Gasteiger partial charge in [-0.3, -0.25) is 0 Å². The van der Waals surface area contributed by atoms with Crippen molar-refractivity contribution in [1.29, 1.82) is 0 Å². The van der Waals surface area contributed by atoms with Crippen molar-refractivity contribution in [3.05, 3.63) is 77.2 Å². The molecule has 0 unspecified atom stereocenters. The van der Waals surface area contributed by atoms with E-state index in [2.05, 4.69) is 35.5 Å². The maximum Gasteiger partial charge on any atom is 0.243 e. The lowest BCUT2D eigenvalue weighted by atomic mass is 10.1. The molecule has 0 saturated carbocycles. The molecule has 0 radical (unpaired) electrons. The summed E-state index contributed by atoms with van der Waals surface area (Å²) in [5, 5.41) is 0. The SMILES string of the molecule is Cc1ccc(S(=O)(=O)N2CCC[C@H]2c2ccc(-n3c(C)ccc3C)nc2)cc1. The third-order valence-electron chi connectivity index (χ3n) is 5.49. The van der Waals surface area contributed by atoms with Gasteiger partial charge in [0.25, 0.3) is 0 Å². The molecule has 1 aromatic carbocycles. The lowest BCUT2D eigenvalue weighted by Crippen LogP contribution is -2.30. The molecule has 1 aliphatic rings. The van der Waals surface area contributed by atoms with E-state index in [-0.39, 0.29) is 6.04 Å². The summed E-state index contributed by atoms with van der Waals surface area (Å²) in [6, 6.07) is 15.0. The molecular formula is C22H25N3O2S. The third kappa shape index (κ3) is 3.27. The highest BCUT2D eigenvalue weighted by Gasteiger charge is 2.36. The first-order valence-electron chi connectivity index (χ1n) is 9.58. The second kappa shape index (κ2) is 7.18. The Hall–Kier alpha value is -2.44. The van der Waals surface area contributed by atoms with Crippen molar-refractivity contribution in [2.24, 2.45) is 0 Å². The first kappa shape index (κ1) is 18.9. The van der Waals surface area contributed by atoms with Crippen LogP contribution in [0.2, 0.25) is 0 Å². The zero-order chi connectivity index (χ0) is 19.9. The summed E-state index contributed by atoms with van der Waals surface area (Å²) < 4.78 is 30.1. The van der Waals surface area contributed by atoms with Crippen LogP contribution in [-0.4, -0.2) is 28.8 Å². The molecule has 6 heteroatoms. The van der Waals surface area contributed by atoms with Crippen LogP contribution in [-0.2, 0) is 10.0 Å². The summed E-state index contributed by atoms with van der Waals surface area (Å²) >= 11 is 0. The van der Waals surface area contributed by atoms with E-state index in [0.717, 1.165) is 41.2 Å². The maximum atomic E-state index is 13.2. The second-order valence-electron chi connectivity index (χ2n) is 7.49. The fourth-order valence-electron chi connectivity index (χ4n) is 3.96. The molecule has 1 saturated heterocycles. The van der Waals surface area contributed by atoms with Crippen LogP contribution in [0.4, 0.5) is 0 Å². The van der Waals surface area contributed by atoms with Crippen molar-refractivity contribution in [3.8, 4) is 5.82 Å². The standard InChI is InChI=1S/C22H25N3O2S/c1-16-6-11-20(12-7-16)28(26,27)24-14-4-5-21(24)19-10-13-22(23-15-19)25-17(2)8-9-18(25)3/h6-13,15,21H,4-5,14H2,1-3H3/t21-/m0/s1. The van der Waals surface area contributed by atoms with Crippen molar-refractivity contribution in [1.82, 2.24) is 13.9 Å². The number of nitrogens with zero attached hydrogens (tertiary/aromatic N) is 3. The number of pyridine rings is 1. The van der Waals surface area contributed by atoms with Crippen molar-refractivity contribution < 1.29 is 8.42 Å². The number of hydrogen-bond donors (Lipinski definition) is 0. The number of aryl methyl sites for hydroxylation is 3. The molecule has 1 fully saturated rings. The van der Waals surface area contributed by atoms with Crippen LogP contribution < -0.4 is 0 Å². The number of rotatable bonds is 4. The van der Waals surface area contributed by atoms with Crippen molar-refractivity contribution in [3.63, 3.8) is 0 Å². The van der Waals surface area contributed by atoms with E-state index in [4.69, 9.17) is 0 Å². The Labute approximate surface area is 166 Å². The summed E-state index contributed by atoms with van der Waals surface area (Å²) in [6.45, 7) is 6.60. The van der Waals surface area contributed by atoms with Crippen molar-refractivity contribution >= 4 is 10.0 Å². The van der Waals surface area contributed by atoms with Crippen LogP contribution in [0.15, 0.2) is 59.6 Å². The largest absolute Gasteiger partial charge is 0.303 e. The van der Waals surface area contributed by atoms with Crippen molar-refractivity contribution in [2.75, 3.05) is 6.54 Å². The quantitative estimate of drug-likeness (QED) is 0.661. The van der Waals surface area contributed by atoms with Gasteiger partial charge in [0, 0.05) is 24.1 Å². The Morgan fingerprint density at radius 3 is 2.21 bits per heavy atom. The maximum absolute atomic E-state index is 13.2. The summed E-state index contributed by atoms with van der Waals surface area (Å²) in [5.74, 6) is 0.856. The molecule has 3 heterocycles. The first-order valence-corrected chi connectivity index (χ1v) is 11.0.